The van der Waals surface area contributed by atoms with Crippen molar-refractivity contribution in [1.29, 1.82) is 0 Å². The van der Waals surface area contributed by atoms with E-state index in [9.17, 15) is 4.79 Å². The van der Waals surface area contributed by atoms with Crippen LogP contribution in [0.25, 0.3) is 22.4 Å². The van der Waals surface area contributed by atoms with Crippen molar-refractivity contribution < 1.29 is 4.79 Å². The van der Waals surface area contributed by atoms with Crippen LogP contribution in [0.5, 0.6) is 0 Å². The van der Waals surface area contributed by atoms with E-state index in [0.717, 1.165) is 17.1 Å². The van der Waals surface area contributed by atoms with E-state index < -0.39 is 0 Å². The second kappa shape index (κ2) is 8.21. The summed E-state index contributed by atoms with van der Waals surface area (Å²) in [7, 11) is 0. The third-order valence-corrected chi connectivity index (χ3v) is 4.29. The molecule has 3 rings (SSSR count). The number of H-pyrrole nitrogens is 1. The molecule has 1 aromatic heterocycles. The molecule has 0 atom stereocenters. The second-order valence-electron chi connectivity index (χ2n) is 8.01. The van der Waals surface area contributed by atoms with Crippen molar-refractivity contribution in [3.8, 4) is 22.4 Å². The lowest BCUT2D eigenvalue weighted by molar-refractivity contribution is -0.122. The Balaban J connectivity index is 1.57. The summed E-state index contributed by atoms with van der Waals surface area (Å²) >= 11 is 0. The SMILES string of the molecule is CC(C)(C)CC(=O)NCCc1nc(-c2ccc(-c3ccccc3)cc2)c[nH]1. The molecule has 0 spiro atoms. The molecule has 1 amide bonds. The maximum absolute atomic E-state index is 11.9. The van der Waals surface area contributed by atoms with Crippen LogP contribution < -0.4 is 5.32 Å². The summed E-state index contributed by atoms with van der Waals surface area (Å²) in [5.41, 5.74) is 4.41. The Morgan fingerprint density at radius 1 is 0.963 bits per heavy atom. The van der Waals surface area contributed by atoms with Crippen molar-refractivity contribution in [1.82, 2.24) is 15.3 Å². The van der Waals surface area contributed by atoms with Gasteiger partial charge in [-0.2, -0.15) is 0 Å². The number of carbonyl (C=O) groups is 1. The summed E-state index contributed by atoms with van der Waals surface area (Å²) < 4.78 is 0. The van der Waals surface area contributed by atoms with Gasteiger partial charge in [0.2, 0.25) is 5.91 Å². The van der Waals surface area contributed by atoms with Crippen LogP contribution in [-0.4, -0.2) is 22.4 Å². The van der Waals surface area contributed by atoms with Crippen LogP contribution in [0.15, 0.2) is 60.8 Å². The molecule has 140 valence electrons. The molecule has 0 aliphatic heterocycles. The van der Waals surface area contributed by atoms with E-state index in [4.69, 9.17) is 0 Å². The minimum Gasteiger partial charge on any atom is -0.356 e. The molecule has 1 heterocycles. The molecular weight excluding hydrogens is 334 g/mol. The van der Waals surface area contributed by atoms with Crippen LogP contribution in [0.4, 0.5) is 0 Å². The van der Waals surface area contributed by atoms with E-state index in [-0.39, 0.29) is 11.3 Å². The highest BCUT2D eigenvalue weighted by molar-refractivity contribution is 5.76. The van der Waals surface area contributed by atoms with Crippen LogP contribution in [0.3, 0.4) is 0 Å². The van der Waals surface area contributed by atoms with E-state index in [1.165, 1.54) is 11.1 Å². The average Bonchev–Trinajstić information content (AvgIpc) is 3.10. The van der Waals surface area contributed by atoms with Gasteiger partial charge in [-0.15, -0.1) is 0 Å². The van der Waals surface area contributed by atoms with E-state index in [1.807, 2.05) is 24.4 Å². The van der Waals surface area contributed by atoms with Crippen molar-refractivity contribution in [3.63, 3.8) is 0 Å². The summed E-state index contributed by atoms with van der Waals surface area (Å²) in [5.74, 6) is 0.971. The van der Waals surface area contributed by atoms with E-state index in [0.29, 0.717) is 19.4 Å². The van der Waals surface area contributed by atoms with E-state index in [2.05, 4.69) is 72.5 Å². The molecule has 0 bridgehead atoms. The summed E-state index contributed by atoms with van der Waals surface area (Å²) in [6, 6.07) is 18.7. The van der Waals surface area contributed by atoms with Crippen molar-refractivity contribution in [3.05, 3.63) is 66.6 Å². The van der Waals surface area contributed by atoms with Crippen molar-refractivity contribution in [2.45, 2.75) is 33.6 Å². The van der Waals surface area contributed by atoms with Gasteiger partial charge in [0.25, 0.3) is 0 Å². The zero-order valence-corrected chi connectivity index (χ0v) is 16.3. The van der Waals surface area contributed by atoms with Crippen molar-refractivity contribution >= 4 is 5.91 Å². The number of imidazole rings is 1. The molecule has 0 radical (unpaired) electrons. The molecule has 4 heteroatoms. The number of nitrogens with zero attached hydrogens (tertiary/aromatic N) is 1. The standard InChI is InChI=1S/C23H27N3O/c1-23(2,3)15-22(27)24-14-13-21-25-16-20(26-21)19-11-9-18(10-12-19)17-7-5-4-6-8-17/h4-12,16H,13-15H2,1-3H3,(H,24,27)(H,25,26). The maximum Gasteiger partial charge on any atom is 0.220 e. The maximum atomic E-state index is 11.9. The fourth-order valence-electron chi connectivity index (χ4n) is 2.97. The van der Waals surface area contributed by atoms with Crippen LogP contribution >= 0.6 is 0 Å². The van der Waals surface area contributed by atoms with Gasteiger partial charge < -0.3 is 10.3 Å². The highest BCUT2D eigenvalue weighted by atomic mass is 16.1. The van der Waals surface area contributed by atoms with E-state index >= 15 is 0 Å². The molecule has 2 aromatic carbocycles. The third-order valence-electron chi connectivity index (χ3n) is 4.29. The van der Waals surface area contributed by atoms with Crippen molar-refractivity contribution in [2.75, 3.05) is 6.54 Å². The number of hydrogen-bond donors (Lipinski definition) is 2. The monoisotopic (exact) mass is 361 g/mol. The highest BCUT2D eigenvalue weighted by Gasteiger charge is 2.15. The smallest absolute Gasteiger partial charge is 0.220 e. The van der Waals surface area contributed by atoms with Gasteiger partial charge in [-0.05, 0) is 16.5 Å². The van der Waals surface area contributed by atoms with Crippen molar-refractivity contribution in [2.24, 2.45) is 5.41 Å². The number of nitrogens with one attached hydrogen (secondary N) is 2. The van der Waals surface area contributed by atoms with Gasteiger partial charge in [0.15, 0.2) is 0 Å². The van der Waals surface area contributed by atoms with Gasteiger partial charge >= 0.3 is 0 Å². The zero-order chi connectivity index (χ0) is 19.3. The zero-order valence-electron chi connectivity index (χ0n) is 16.3. The Kier molecular flexibility index (Phi) is 5.75. The van der Waals surface area contributed by atoms with Gasteiger partial charge in [0, 0.05) is 31.1 Å². The first-order valence-electron chi connectivity index (χ1n) is 9.37. The summed E-state index contributed by atoms with van der Waals surface area (Å²) in [6.45, 7) is 6.78. The molecule has 3 aromatic rings. The first kappa shape index (κ1) is 18.9. The Morgan fingerprint density at radius 2 is 1.59 bits per heavy atom. The van der Waals surface area contributed by atoms with Gasteiger partial charge in [-0.25, -0.2) is 4.98 Å². The van der Waals surface area contributed by atoms with Gasteiger partial charge in [0.05, 0.1) is 5.69 Å². The van der Waals surface area contributed by atoms with Crippen LogP contribution in [0.1, 0.15) is 33.0 Å². The molecule has 0 aliphatic carbocycles. The van der Waals surface area contributed by atoms with Gasteiger partial charge in [-0.3, -0.25) is 4.79 Å². The lowest BCUT2D eigenvalue weighted by Gasteiger charge is -2.17. The number of hydrogen-bond acceptors (Lipinski definition) is 2. The molecule has 0 saturated heterocycles. The minimum absolute atomic E-state index is 0.00779. The molecule has 4 nitrogen and oxygen atoms in total. The largest absolute Gasteiger partial charge is 0.356 e. The molecule has 0 fully saturated rings. The topological polar surface area (TPSA) is 57.8 Å². The Labute approximate surface area is 161 Å². The number of aromatic nitrogens is 2. The average molecular weight is 361 g/mol. The van der Waals surface area contributed by atoms with E-state index in [1.54, 1.807) is 0 Å². The molecule has 0 aliphatic rings. The Hall–Kier alpha value is -2.88. The number of aromatic amines is 1. The number of rotatable bonds is 6. The fourth-order valence-corrected chi connectivity index (χ4v) is 2.97. The number of amides is 1. The van der Waals surface area contributed by atoms with Crippen LogP contribution in [0.2, 0.25) is 0 Å². The quantitative estimate of drug-likeness (QED) is 0.660. The highest BCUT2D eigenvalue weighted by Crippen LogP contribution is 2.23. The predicted molar refractivity (Wildman–Crippen MR) is 110 cm³/mol. The number of benzene rings is 2. The lowest BCUT2D eigenvalue weighted by Crippen LogP contribution is -2.29. The Morgan fingerprint density at radius 3 is 2.26 bits per heavy atom. The van der Waals surface area contributed by atoms with Crippen LogP contribution in [0, 0.1) is 5.41 Å². The number of carbonyl (C=O) groups excluding carboxylic acids is 1. The van der Waals surface area contributed by atoms with Gasteiger partial charge in [0.1, 0.15) is 5.82 Å². The lowest BCUT2D eigenvalue weighted by atomic mass is 9.92. The Bertz CT molecular complexity index is 874. The minimum atomic E-state index is 0.00779. The molecule has 2 N–H and O–H groups in total. The molecule has 27 heavy (non-hydrogen) atoms. The second-order valence-corrected chi connectivity index (χ2v) is 8.01. The first-order valence-corrected chi connectivity index (χ1v) is 9.37. The summed E-state index contributed by atoms with van der Waals surface area (Å²) in [5, 5.41) is 2.96. The third kappa shape index (κ3) is 5.55. The predicted octanol–water partition coefficient (Wildman–Crippen LogP) is 4.84. The molecule has 0 saturated carbocycles. The van der Waals surface area contributed by atoms with Crippen LogP contribution in [-0.2, 0) is 11.2 Å². The fraction of sp³-hybridized carbons (Fsp3) is 0.304. The normalized spacial score (nSPS) is 11.4. The first-order chi connectivity index (χ1) is 12.9. The molecular formula is C23H27N3O. The van der Waals surface area contributed by atoms with Gasteiger partial charge in [-0.1, -0.05) is 75.4 Å². The molecule has 0 unspecified atom stereocenters. The summed E-state index contributed by atoms with van der Waals surface area (Å²) in [6.07, 6.45) is 3.14. The summed E-state index contributed by atoms with van der Waals surface area (Å²) in [4.78, 5) is 19.7.